The normalized spacial score (nSPS) is 13.9. The highest BCUT2D eigenvalue weighted by atomic mass is 32.2. The fourth-order valence-corrected chi connectivity index (χ4v) is 2.53. The van der Waals surface area contributed by atoms with Crippen molar-refractivity contribution in [3.8, 4) is 0 Å². The Morgan fingerprint density at radius 1 is 0.900 bits per heavy atom. The topological polar surface area (TPSA) is 98.7 Å². The van der Waals surface area contributed by atoms with Crippen molar-refractivity contribution in [3.63, 3.8) is 0 Å². The van der Waals surface area contributed by atoms with Crippen molar-refractivity contribution in [2.75, 3.05) is 37.1 Å². The molecule has 0 aromatic heterocycles. The van der Waals surface area contributed by atoms with Crippen molar-refractivity contribution in [2.24, 2.45) is 0 Å². The summed E-state index contributed by atoms with van der Waals surface area (Å²) in [6.45, 7) is 0.878. The molecule has 0 aromatic rings. The summed E-state index contributed by atoms with van der Waals surface area (Å²) in [7, 11) is 0. The van der Waals surface area contributed by atoms with Gasteiger partial charge in [0, 0.05) is 13.1 Å². The minimum absolute atomic E-state index is 0.439. The molecule has 0 radical (unpaired) electrons. The van der Waals surface area contributed by atoms with E-state index in [0.29, 0.717) is 25.9 Å². The number of thioether (sulfide) groups is 2. The molecule has 0 rings (SSSR count). The van der Waals surface area contributed by atoms with E-state index in [0.717, 1.165) is 11.5 Å². The molecule has 0 aliphatic carbocycles. The second-order valence-electron chi connectivity index (χ2n) is 4.25. The molecule has 0 bridgehead atoms. The molecule has 0 aliphatic rings. The van der Waals surface area contributed by atoms with Crippen LogP contribution in [0.1, 0.15) is 12.8 Å². The van der Waals surface area contributed by atoms with Crippen LogP contribution in [0.5, 0.6) is 0 Å². The van der Waals surface area contributed by atoms with Gasteiger partial charge in [-0.15, -0.1) is 0 Å². The predicted octanol–water partition coefficient (Wildman–Crippen LogP) is 0.578. The third-order valence-electron chi connectivity index (χ3n) is 2.72. The second kappa shape index (κ2) is 12.3. The third kappa shape index (κ3) is 9.46. The molecule has 0 amide bonds. The highest BCUT2D eigenvalue weighted by Crippen LogP contribution is 2.02. The van der Waals surface area contributed by atoms with Crippen LogP contribution in [0.4, 0.5) is 0 Å². The largest absolute Gasteiger partial charge is 0.480 e. The smallest absolute Gasteiger partial charge is 0.320 e. The van der Waals surface area contributed by atoms with Gasteiger partial charge in [0.1, 0.15) is 12.1 Å². The van der Waals surface area contributed by atoms with E-state index in [2.05, 4.69) is 10.6 Å². The van der Waals surface area contributed by atoms with Crippen LogP contribution in [0, 0.1) is 0 Å². The van der Waals surface area contributed by atoms with Crippen LogP contribution in [-0.4, -0.2) is 71.3 Å². The molecule has 0 aliphatic heterocycles. The number of carbonyl (C=O) groups is 2. The Hall–Kier alpha value is -0.440. The molecule has 0 saturated carbocycles. The number of carboxylic acid groups (broad SMARTS) is 2. The maximum atomic E-state index is 11.0. The van der Waals surface area contributed by atoms with Gasteiger partial charge in [-0.1, -0.05) is 0 Å². The van der Waals surface area contributed by atoms with Gasteiger partial charge < -0.3 is 20.8 Å². The molecule has 2 unspecified atom stereocenters. The summed E-state index contributed by atoms with van der Waals surface area (Å²) < 4.78 is 0. The van der Waals surface area contributed by atoms with Crippen molar-refractivity contribution in [2.45, 2.75) is 24.9 Å². The molecule has 2 atom stereocenters. The average molecular weight is 324 g/mol. The van der Waals surface area contributed by atoms with E-state index in [9.17, 15) is 9.59 Å². The Bertz CT molecular complexity index is 265. The predicted molar refractivity (Wildman–Crippen MR) is 84.9 cm³/mol. The molecule has 0 aromatic carbocycles. The second-order valence-corrected chi connectivity index (χ2v) is 6.22. The van der Waals surface area contributed by atoms with Gasteiger partial charge in [0.15, 0.2) is 0 Å². The lowest BCUT2D eigenvalue weighted by atomic mass is 10.2. The molecule has 6 nitrogen and oxygen atoms in total. The van der Waals surface area contributed by atoms with Crippen molar-refractivity contribution >= 4 is 35.5 Å². The molecule has 0 heterocycles. The Kier molecular flexibility index (Phi) is 12.0. The summed E-state index contributed by atoms with van der Waals surface area (Å²) in [5, 5.41) is 23.9. The monoisotopic (exact) mass is 324 g/mol. The third-order valence-corrected chi connectivity index (χ3v) is 4.01. The fraction of sp³-hybridized carbons (Fsp3) is 0.833. The summed E-state index contributed by atoms with van der Waals surface area (Å²) in [4.78, 5) is 22.0. The number of nitrogens with one attached hydrogen (secondary N) is 2. The Balaban J connectivity index is 3.94. The zero-order valence-electron chi connectivity index (χ0n) is 11.9. The first-order valence-corrected chi connectivity index (χ1v) is 9.22. The van der Waals surface area contributed by atoms with Gasteiger partial charge >= 0.3 is 11.9 Å². The highest BCUT2D eigenvalue weighted by molar-refractivity contribution is 7.98. The summed E-state index contributed by atoms with van der Waals surface area (Å²) in [5.74, 6) is -0.168. The maximum absolute atomic E-state index is 11.0. The molecular formula is C12H24N2O4S2. The lowest BCUT2D eigenvalue weighted by Gasteiger charge is -2.17. The van der Waals surface area contributed by atoms with Crippen LogP contribution in [-0.2, 0) is 9.59 Å². The van der Waals surface area contributed by atoms with E-state index in [1.54, 1.807) is 23.5 Å². The van der Waals surface area contributed by atoms with E-state index in [-0.39, 0.29) is 0 Å². The molecular weight excluding hydrogens is 300 g/mol. The zero-order valence-corrected chi connectivity index (χ0v) is 13.6. The minimum Gasteiger partial charge on any atom is -0.480 e. The van der Waals surface area contributed by atoms with Crippen LogP contribution in [0.3, 0.4) is 0 Å². The Morgan fingerprint density at radius 2 is 1.25 bits per heavy atom. The van der Waals surface area contributed by atoms with E-state index in [1.165, 1.54) is 0 Å². The lowest BCUT2D eigenvalue weighted by molar-refractivity contribution is -0.140. The average Bonchev–Trinajstić information content (AvgIpc) is 2.40. The first kappa shape index (κ1) is 19.6. The summed E-state index contributed by atoms with van der Waals surface area (Å²) in [5.41, 5.74) is 0. The first-order valence-electron chi connectivity index (χ1n) is 6.43. The van der Waals surface area contributed by atoms with Gasteiger partial charge in [-0.3, -0.25) is 9.59 Å². The molecule has 8 heteroatoms. The van der Waals surface area contributed by atoms with Gasteiger partial charge in [0.05, 0.1) is 0 Å². The van der Waals surface area contributed by atoms with Crippen molar-refractivity contribution < 1.29 is 19.8 Å². The van der Waals surface area contributed by atoms with Crippen LogP contribution in [0.2, 0.25) is 0 Å². The number of rotatable bonds is 13. The summed E-state index contributed by atoms with van der Waals surface area (Å²) in [6.07, 6.45) is 4.99. The minimum atomic E-state index is -0.865. The first-order chi connectivity index (χ1) is 9.52. The number of aliphatic carboxylic acids is 2. The van der Waals surface area contributed by atoms with Crippen LogP contribution in [0.25, 0.3) is 0 Å². The van der Waals surface area contributed by atoms with Crippen LogP contribution < -0.4 is 10.6 Å². The van der Waals surface area contributed by atoms with Crippen LogP contribution in [0.15, 0.2) is 0 Å². The van der Waals surface area contributed by atoms with Gasteiger partial charge in [-0.25, -0.2) is 0 Å². The van der Waals surface area contributed by atoms with Crippen molar-refractivity contribution in [3.05, 3.63) is 0 Å². The number of hydrogen-bond acceptors (Lipinski definition) is 6. The Labute approximate surface area is 128 Å². The van der Waals surface area contributed by atoms with Crippen molar-refractivity contribution in [1.82, 2.24) is 10.6 Å². The van der Waals surface area contributed by atoms with E-state index in [1.807, 2.05) is 12.5 Å². The lowest BCUT2D eigenvalue weighted by Crippen LogP contribution is -2.44. The summed E-state index contributed by atoms with van der Waals surface area (Å²) in [6, 6.07) is -1.14. The zero-order chi connectivity index (χ0) is 15.4. The number of hydrogen-bond donors (Lipinski definition) is 4. The molecule has 20 heavy (non-hydrogen) atoms. The van der Waals surface area contributed by atoms with Gasteiger partial charge in [-0.05, 0) is 36.9 Å². The summed E-state index contributed by atoms with van der Waals surface area (Å²) >= 11 is 3.21. The van der Waals surface area contributed by atoms with Crippen LogP contribution >= 0.6 is 23.5 Å². The maximum Gasteiger partial charge on any atom is 0.320 e. The Morgan fingerprint density at radius 3 is 1.50 bits per heavy atom. The number of carboxylic acids is 2. The van der Waals surface area contributed by atoms with Gasteiger partial charge in [0.2, 0.25) is 0 Å². The van der Waals surface area contributed by atoms with E-state index >= 15 is 0 Å². The SMILES string of the molecule is CSCCC(NCCNC(CCSC)C(=O)O)C(=O)O. The highest BCUT2D eigenvalue weighted by Gasteiger charge is 2.18. The fourth-order valence-electron chi connectivity index (χ4n) is 1.59. The standard InChI is InChI=1S/C12H24N2O4S2/c1-19-7-3-9(11(15)16)13-5-6-14-10(12(17)18)4-8-20-2/h9-10,13-14H,3-8H2,1-2H3,(H,15,16)(H,17,18). The van der Waals surface area contributed by atoms with E-state index in [4.69, 9.17) is 10.2 Å². The molecule has 0 saturated heterocycles. The van der Waals surface area contributed by atoms with Gasteiger partial charge in [0.25, 0.3) is 0 Å². The molecule has 118 valence electrons. The van der Waals surface area contributed by atoms with E-state index < -0.39 is 24.0 Å². The molecule has 4 N–H and O–H groups in total. The van der Waals surface area contributed by atoms with Crippen molar-refractivity contribution in [1.29, 1.82) is 0 Å². The molecule has 0 spiro atoms. The molecule has 0 fully saturated rings. The van der Waals surface area contributed by atoms with Gasteiger partial charge in [-0.2, -0.15) is 23.5 Å². The quantitative estimate of drug-likeness (QED) is 0.365.